The first kappa shape index (κ1) is 15.5. The summed E-state index contributed by atoms with van der Waals surface area (Å²) in [6.45, 7) is 0.617. The summed E-state index contributed by atoms with van der Waals surface area (Å²) in [6, 6.07) is 10.4. The minimum atomic E-state index is -3.01. The lowest BCUT2D eigenvalue weighted by molar-refractivity contribution is -0.124. The lowest BCUT2D eigenvalue weighted by Crippen LogP contribution is -2.41. The zero-order valence-corrected chi connectivity index (χ0v) is 13.6. The standard InChI is InChI=1S/C17H23NO3S/c19-16(14-8-11-22(20,21)12-14)18-13-17(9-4-5-10-17)15-6-2-1-3-7-15/h1-3,6-7,14H,4-5,8-13H2,(H,18,19). The number of carbonyl (C=O) groups is 1. The molecular formula is C17H23NO3S. The maximum Gasteiger partial charge on any atom is 0.224 e. The van der Waals surface area contributed by atoms with Crippen LogP contribution in [0.25, 0.3) is 0 Å². The van der Waals surface area contributed by atoms with Crippen LogP contribution in [0.4, 0.5) is 0 Å². The number of hydrogen-bond acceptors (Lipinski definition) is 3. The van der Waals surface area contributed by atoms with Crippen molar-refractivity contribution < 1.29 is 13.2 Å². The Balaban J connectivity index is 1.67. The van der Waals surface area contributed by atoms with E-state index in [0.717, 1.165) is 12.8 Å². The van der Waals surface area contributed by atoms with Crippen LogP contribution in [-0.2, 0) is 20.0 Å². The zero-order chi connectivity index (χ0) is 15.6. The van der Waals surface area contributed by atoms with Crippen molar-refractivity contribution in [2.75, 3.05) is 18.1 Å². The third-order valence-corrected chi connectivity index (χ3v) is 6.92. The Morgan fingerprint density at radius 2 is 1.86 bits per heavy atom. The van der Waals surface area contributed by atoms with E-state index < -0.39 is 9.84 Å². The lowest BCUT2D eigenvalue weighted by Gasteiger charge is -2.30. The first-order chi connectivity index (χ1) is 10.5. The molecule has 1 saturated heterocycles. The normalized spacial score (nSPS) is 25.9. The largest absolute Gasteiger partial charge is 0.355 e. The quantitative estimate of drug-likeness (QED) is 0.923. The van der Waals surface area contributed by atoms with Gasteiger partial charge < -0.3 is 5.32 Å². The highest BCUT2D eigenvalue weighted by molar-refractivity contribution is 7.91. The van der Waals surface area contributed by atoms with Crippen molar-refractivity contribution in [2.24, 2.45) is 5.92 Å². The van der Waals surface area contributed by atoms with Gasteiger partial charge in [-0.2, -0.15) is 0 Å². The van der Waals surface area contributed by atoms with Gasteiger partial charge in [0.1, 0.15) is 0 Å². The van der Waals surface area contributed by atoms with E-state index in [1.165, 1.54) is 18.4 Å². The second-order valence-electron chi connectivity index (χ2n) is 6.67. The molecule has 0 aromatic heterocycles. The molecule has 1 N–H and O–H groups in total. The summed E-state index contributed by atoms with van der Waals surface area (Å²) in [7, 11) is -3.01. The van der Waals surface area contributed by atoms with Crippen molar-refractivity contribution in [1.82, 2.24) is 5.32 Å². The molecule has 0 spiro atoms. The van der Waals surface area contributed by atoms with Gasteiger partial charge >= 0.3 is 0 Å². The average molecular weight is 321 g/mol. The van der Waals surface area contributed by atoms with Gasteiger partial charge in [0.2, 0.25) is 5.91 Å². The van der Waals surface area contributed by atoms with Crippen LogP contribution < -0.4 is 5.32 Å². The van der Waals surface area contributed by atoms with Crippen LogP contribution in [0.5, 0.6) is 0 Å². The first-order valence-corrected chi connectivity index (χ1v) is 9.87. The van der Waals surface area contributed by atoms with Crippen molar-refractivity contribution in [2.45, 2.75) is 37.5 Å². The molecule has 0 radical (unpaired) electrons. The third kappa shape index (κ3) is 3.19. The molecule has 2 aliphatic rings. The Kier molecular flexibility index (Phi) is 4.26. The van der Waals surface area contributed by atoms with E-state index in [2.05, 4.69) is 17.4 Å². The van der Waals surface area contributed by atoms with Crippen LogP contribution in [0.3, 0.4) is 0 Å². The molecule has 5 heteroatoms. The SMILES string of the molecule is O=C(NCC1(c2ccccc2)CCCC1)C1CCS(=O)(=O)C1. The topological polar surface area (TPSA) is 63.2 Å². The summed E-state index contributed by atoms with van der Waals surface area (Å²) in [5.41, 5.74) is 1.31. The number of hydrogen-bond donors (Lipinski definition) is 1. The molecule has 1 unspecified atom stereocenters. The molecule has 4 nitrogen and oxygen atoms in total. The van der Waals surface area contributed by atoms with Crippen LogP contribution in [0.1, 0.15) is 37.7 Å². The van der Waals surface area contributed by atoms with E-state index in [0.29, 0.717) is 13.0 Å². The number of nitrogens with one attached hydrogen (secondary N) is 1. The van der Waals surface area contributed by atoms with Crippen molar-refractivity contribution >= 4 is 15.7 Å². The number of rotatable bonds is 4. The lowest BCUT2D eigenvalue weighted by atomic mass is 9.78. The summed E-state index contributed by atoms with van der Waals surface area (Å²) in [5.74, 6) is -0.297. The molecule has 0 bridgehead atoms. The van der Waals surface area contributed by atoms with Gasteiger partial charge in [-0.25, -0.2) is 8.42 Å². The third-order valence-electron chi connectivity index (χ3n) is 5.15. The Morgan fingerprint density at radius 1 is 1.18 bits per heavy atom. The summed E-state index contributed by atoms with van der Waals surface area (Å²) in [6.07, 6.45) is 5.00. The van der Waals surface area contributed by atoms with Crippen molar-refractivity contribution in [3.05, 3.63) is 35.9 Å². The minimum Gasteiger partial charge on any atom is -0.355 e. The number of sulfone groups is 1. The van der Waals surface area contributed by atoms with Gasteiger partial charge in [-0.05, 0) is 24.8 Å². The molecule has 1 saturated carbocycles. The van der Waals surface area contributed by atoms with Crippen molar-refractivity contribution in [3.63, 3.8) is 0 Å². The fraction of sp³-hybridized carbons (Fsp3) is 0.588. The maximum atomic E-state index is 12.3. The highest BCUT2D eigenvalue weighted by Crippen LogP contribution is 2.40. The Labute approximate surface area is 132 Å². The van der Waals surface area contributed by atoms with Gasteiger partial charge in [-0.1, -0.05) is 43.2 Å². The Hall–Kier alpha value is -1.36. The zero-order valence-electron chi connectivity index (χ0n) is 12.8. The monoisotopic (exact) mass is 321 g/mol. The van der Waals surface area contributed by atoms with Crippen LogP contribution in [0.2, 0.25) is 0 Å². The van der Waals surface area contributed by atoms with Crippen LogP contribution >= 0.6 is 0 Å². The van der Waals surface area contributed by atoms with E-state index in [9.17, 15) is 13.2 Å². The van der Waals surface area contributed by atoms with E-state index >= 15 is 0 Å². The average Bonchev–Trinajstić information content (AvgIpc) is 3.13. The van der Waals surface area contributed by atoms with Crippen LogP contribution in [-0.4, -0.2) is 32.4 Å². The molecule has 120 valence electrons. The Morgan fingerprint density at radius 3 is 2.45 bits per heavy atom. The fourth-order valence-corrected chi connectivity index (χ4v) is 5.55. The maximum absolute atomic E-state index is 12.3. The molecule has 1 heterocycles. The number of benzene rings is 1. The predicted octanol–water partition coefficient (Wildman–Crippen LogP) is 2.05. The van der Waals surface area contributed by atoms with Crippen LogP contribution in [0, 0.1) is 5.92 Å². The molecule has 3 rings (SSSR count). The summed E-state index contributed by atoms with van der Waals surface area (Å²) >= 11 is 0. The van der Waals surface area contributed by atoms with Gasteiger partial charge in [-0.3, -0.25) is 4.79 Å². The summed E-state index contributed by atoms with van der Waals surface area (Å²) in [5, 5.41) is 3.04. The van der Waals surface area contributed by atoms with Crippen LogP contribution in [0.15, 0.2) is 30.3 Å². The van der Waals surface area contributed by atoms with E-state index in [1.54, 1.807) is 0 Å². The highest BCUT2D eigenvalue weighted by atomic mass is 32.2. The number of amides is 1. The Bertz CT molecular complexity index is 633. The van der Waals surface area contributed by atoms with Crippen molar-refractivity contribution in [3.8, 4) is 0 Å². The molecule has 1 atom stereocenters. The first-order valence-electron chi connectivity index (χ1n) is 8.04. The van der Waals surface area contributed by atoms with Gasteiger partial charge in [-0.15, -0.1) is 0 Å². The molecule has 1 amide bonds. The second kappa shape index (κ2) is 6.03. The number of carbonyl (C=O) groups excluding carboxylic acids is 1. The molecule has 1 aromatic rings. The summed E-state index contributed by atoms with van der Waals surface area (Å²) < 4.78 is 23.0. The van der Waals surface area contributed by atoms with Gasteiger partial charge in [0, 0.05) is 12.0 Å². The second-order valence-corrected chi connectivity index (χ2v) is 8.90. The highest BCUT2D eigenvalue weighted by Gasteiger charge is 2.38. The minimum absolute atomic E-state index is 0.0111. The molecule has 1 aliphatic carbocycles. The van der Waals surface area contributed by atoms with Gasteiger partial charge in [0.05, 0.1) is 17.4 Å². The van der Waals surface area contributed by atoms with E-state index in [4.69, 9.17) is 0 Å². The summed E-state index contributed by atoms with van der Waals surface area (Å²) in [4.78, 5) is 12.3. The fourth-order valence-electron chi connectivity index (χ4n) is 3.81. The van der Waals surface area contributed by atoms with Gasteiger partial charge in [0.25, 0.3) is 0 Å². The van der Waals surface area contributed by atoms with E-state index in [1.807, 2.05) is 18.2 Å². The molecular weight excluding hydrogens is 298 g/mol. The van der Waals surface area contributed by atoms with E-state index in [-0.39, 0.29) is 28.7 Å². The molecule has 1 aromatic carbocycles. The predicted molar refractivity (Wildman–Crippen MR) is 86.4 cm³/mol. The smallest absolute Gasteiger partial charge is 0.224 e. The molecule has 22 heavy (non-hydrogen) atoms. The van der Waals surface area contributed by atoms with Crippen molar-refractivity contribution in [1.29, 1.82) is 0 Å². The van der Waals surface area contributed by atoms with Gasteiger partial charge in [0.15, 0.2) is 9.84 Å². The molecule has 2 fully saturated rings. The molecule has 1 aliphatic heterocycles.